The van der Waals surface area contributed by atoms with Crippen molar-refractivity contribution in [2.75, 3.05) is 7.11 Å². The lowest BCUT2D eigenvalue weighted by molar-refractivity contribution is -0.755. The largest absolute Gasteiger partial charge is 0.370 e. The van der Waals surface area contributed by atoms with Crippen LogP contribution in [0.15, 0.2) is 6.20 Å². The fourth-order valence-corrected chi connectivity index (χ4v) is 1.55. The monoisotopic (exact) mass is 212 g/mol. The van der Waals surface area contributed by atoms with E-state index >= 15 is 0 Å². The van der Waals surface area contributed by atoms with E-state index in [2.05, 4.69) is 18.3 Å². The zero-order valence-electron chi connectivity index (χ0n) is 10.4. The lowest BCUT2D eigenvalue weighted by Gasteiger charge is -2.18. The third kappa shape index (κ3) is 2.78. The summed E-state index contributed by atoms with van der Waals surface area (Å²) in [6.45, 7) is 7.26. The van der Waals surface area contributed by atoms with Gasteiger partial charge in [-0.2, -0.15) is 0 Å². The Balaban J connectivity index is 2.86. The number of aryl methyl sites for hydroxylation is 2. The molecular formula is C11H22N3O+. The third-order valence-corrected chi connectivity index (χ3v) is 2.74. The molecule has 0 N–H and O–H groups in total. The predicted molar refractivity (Wildman–Crippen MR) is 58.3 cm³/mol. The zero-order chi connectivity index (χ0) is 11.5. The lowest BCUT2D eigenvalue weighted by Crippen LogP contribution is -2.35. The van der Waals surface area contributed by atoms with Gasteiger partial charge in [-0.25, -0.2) is 0 Å². The second-order valence-electron chi connectivity index (χ2n) is 4.36. The molecule has 0 unspecified atom stereocenters. The normalized spacial score (nSPS) is 12.1. The first-order valence-corrected chi connectivity index (χ1v) is 5.50. The molecule has 0 fully saturated rings. The number of rotatable bonds is 5. The van der Waals surface area contributed by atoms with Crippen molar-refractivity contribution in [3.63, 3.8) is 0 Å². The van der Waals surface area contributed by atoms with Crippen LogP contribution in [0, 0.1) is 0 Å². The highest BCUT2D eigenvalue weighted by Crippen LogP contribution is 2.21. The van der Waals surface area contributed by atoms with E-state index in [1.165, 1.54) is 6.42 Å². The minimum Gasteiger partial charge on any atom is -0.370 e. The zero-order valence-corrected chi connectivity index (χ0v) is 10.4. The van der Waals surface area contributed by atoms with Gasteiger partial charge in [-0.1, -0.05) is 13.3 Å². The van der Waals surface area contributed by atoms with Crippen LogP contribution in [0.4, 0.5) is 0 Å². The summed E-state index contributed by atoms with van der Waals surface area (Å²) in [7, 11) is 3.68. The molecule has 0 atom stereocenters. The molecule has 1 rings (SSSR count). The highest BCUT2D eigenvalue weighted by molar-refractivity contribution is 5.02. The maximum Gasteiger partial charge on any atom is 0.198 e. The highest BCUT2D eigenvalue weighted by Gasteiger charge is 2.29. The Kier molecular flexibility index (Phi) is 3.85. The van der Waals surface area contributed by atoms with Crippen molar-refractivity contribution in [2.24, 2.45) is 7.05 Å². The van der Waals surface area contributed by atoms with Crippen molar-refractivity contribution in [1.82, 2.24) is 9.90 Å². The molecule has 0 saturated heterocycles. The van der Waals surface area contributed by atoms with Crippen LogP contribution >= 0.6 is 0 Å². The predicted octanol–water partition coefficient (Wildman–Crippen LogP) is 1.39. The molecule has 1 heterocycles. The van der Waals surface area contributed by atoms with Crippen LogP contribution in [0.3, 0.4) is 0 Å². The number of aromatic nitrogens is 3. The Hall–Kier alpha value is -0.900. The van der Waals surface area contributed by atoms with Crippen molar-refractivity contribution < 1.29 is 9.42 Å². The summed E-state index contributed by atoms with van der Waals surface area (Å²) in [5, 5.41) is 4.42. The van der Waals surface area contributed by atoms with E-state index in [1.807, 2.05) is 30.3 Å². The molecule has 0 amide bonds. The van der Waals surface area contributed by atoms with Crippen molar-refractivity contribution >= 4 is 0 Å². The average Bonchev–Trinajstić information content (AvgIpc) is 2.57. The summed E-state index contributed by atoms with van der Waals surface area (Å²) in [5.74, 6) is 0. The van der Waals surface area contributed by atoms with Crippen LogP contribution in [0.2, 0.25) is 0 Å². The summed E-state index contributed by atoms with van der Waals surface area (Å²) >= 11 is 0. The van der Waals surface area contributed by atoms with Crippen LogP contribution in [0.1, 0.15) is 39.3 Å². The van der Waals surface area contributed by atoms with Crippen molar-refractivity contribution in [1.29, 1.82) is 0 Å². The van der Waals surface area contributed by atoms with Crippen LogP contribution in [-0.2, 0) is 23.9 Å². The van der Waals surface area contributed by atoms with Gasteiger partial charge in [-0.15, -0.1) is 9.36 Å². The molecular weight excluding hydrogens is 190 g/mol. The summed E-state index contributed by atoms with van der Waals surface area (Å²) in [4.78, 5) is 0. The van der Waals surface area contributed by atoms with Crippen LogP contribution < -0.4 is 4.68 Å². The number of ether oxygens (including phenoxy) is 1. The van der Waals surface area contributed by atoms with E-state index in [0.29, 0.717) is 0 Å². The molecule has 1 aromatic heterocycles. The van der Waals surface area contributed by atoms with Crippen molar-refractivity contribution in [3.05, 3.63) is 11.9 Å². The molecule has 0 aliphatic carbocycles. The summed E-state index contributed by atoms with van der Waals surface area (Å²) < 4.78 is 9.32. The third-order valence-electron chi connectivity index (χ3n) is 2.74. The van der Waals surface area contributed by atoms with Gasteiger partial charge >= 0.3 is 0 Å². The summed E-state index contributed by atoms with van der Waals surface area (Å²) in [6.07, 6.45) is 4.42. The smallest absolute Gasteiger partial charge is 0.198 e. The molecule has 0 aliphatic rings. The van der Waals surface area contributed by atoms with Crippen LogP contribution in [0.25, 0.3) is 0 Å². The molecule has 15 heavy (non-hydrogen) atoms. The molecule has 0 bridgehead atoms. The van der Waals surface area contributed by atoms with Crippen molar-refractivity contribution in [3.8, 4) is 0 Å². The van der Waals surface area contributed by atoms with Gasteiger partial charge in [0.1, 0.15) is 19.2 Å². The van der Waals surface area contributed by atoms with Gasteiger partial charge in [0.2, 0.25) is 0 Å². The van der Waals surface area contributed by atoms with Gasteiger partial charge in [0.05, 0.1) is 5.21 Å². The number of methoxy groups -OCH3 is 1. The van der Waals surface area contributed by atoms with Gasteiger partial charge in [0, 0.05) is 7.11 Å². The molecule has 0 saturated carbocycles. The molecule has 0 spiro atoms. The second-order valence-corrected chi connectivity index (χ2v) is 4.36. The minimum atomic E-state index is -0.279. The van der Waals surface area contributed by atoms with Crippen LogP contribution in [-0.4, -0.2) is 17.0 Å². The first-order valence-electron chi connectivity index (χ1n) is 5.50. The van der Waals surface area contributed by atoms with Gasteiger partial charge in [-0.3, -0.25) is 0 Å². The molecule has 1 aromatic rings. The Morgan fingerprint density at radius 2 is 2.20 bits per heavy atom. The van der Waals surface area contributed by atoms with Crippen molar-refractivity contribution in [2.45, 2.75) is 45.8 Å². The lowest BCUT2D eigenvalue weighted by atomic mass is 10.1. The average molecular weight is 212 g/mol. The summed E-state index contributed by atoms with van der Waals surface area (Å²) in [5.41, 5.74) is 0.820. The highest BCUT2D eigenvalue weighted by atomic mass is 16.5. The fraction of sp³-hybridized carbons (Fsp3) is 0.818. The van der Waals surface area contributed by atoms with E-state index in [9.17, 15) is 0 Å². The van der Waals surface area contributed by atoms with Gasteiger partial charge < -0.3 is 4.74 Å². The second kappa shape index (κ2) is 4.75. The van der Waals surface area contributed by atoms with E-state index in [0.717, 1.165) is 18.7 Å². The Morgan fingerprint density at radius 3 is 2.73 bits per heavy atom. The number of hydrogen-bond donors (Lipinski definition) is 0. The van der Waals surface area contributed by atoms with Gasteiger partial charge in [-0.05, 0) is 20.3 Å². The first kappa shape index (κ1) is 12.2. The molecule has 0 aromatic carbocycles. The maximum absolute atomic E-state index is 5.45. The SMILES string of the molecule is CCCC[n+]1cc(C(C)(C)OC)n(C)n1. The standard InChI is InChI=1S/C11H22N3O/c1-6-7-8-14-9-10(13(4)12-14)11(2,3)15-5/h9H,6-8H2,1-5H3/q+1. The fourth-order valence-electron chi connectivity index (χ4n) is 1.55. The van der Waals surface area contributed by atoms with E-state index in [4.69, 9.17) is 4.74 Å². The minimum absolute atomic E-state index is 0.279. The van der Waals surface area contributed by atoms with Gasteiger partial charge in [0.15, 0.2) is 11.9 Å². The summed E-state index contributed by atoms with van der Waals surface area (Å²) in [6, 6.07) is 0. The number of nitrogens with zero attached hydrogens (tertiary/aromatic N) is 3. The Labute approximate surface area is 91.8 Å². The molecule has 0 aliphatic heterocycles. The van der Waals surface area contributed by atoms with E-state index in [-0.39, 0.29) is 5.60 Å². The van der Waals surface area contributed by atoms with Crippen LogP contribution in [0.5, 0.6) is 0 Å². The molecule has 86 valence electrons. The van der Waals surface area contributed by atoms with E-state index < -0.39 is 0 Å². The van der Waals surface area contributed by atoms with Gasteiger partial charge in [0.25, 0.3) is 0 Å². The number of hydrogen-bond acceptors (Lipinski definition) is 2. The quantitative estimate of drug-likeness (QED) is 0.691. The Bertz CT molecular complexity index is 318. The maximum atomic E-state index is 5.45. The molecule has 4 nitrogen and oxygen atoms in total. The Morgan fingerprint density at radius 1 is 1.53 bits per heavy atom. The first-order chi connectivity index (χ1) is 7.01. The number of unbranched alkanes of at least 4 members (excludes halogenated alkanes) is 1. The topological polar surface area (TPSA) is 30.9 Å². The molecule has 4 heteroatoms. The molecule has 0 radical (unpaired) electrons. The van der Waals surface area contributed by atoms with E-state index in [1.54, 1.807) is 7.11 Å².